The van der Waals surface area contributed by atoms with Gasteiger partial charge in [0.15, 0.2) is 0 Å². The topological polar surface area (TPSA) is 63.6 Å². The van der Waals surface area contributed by atoms with Crippen molar-refractivity contribution in [1.29, 1.82) is 0 Å². The first kappa shape index (κ1) is 9.38. The lowest BCUT2D eigenvalue weighted by Crippen LogP contribution is -2.29. The molecule has 0 aromatic carbocycles. The van der Waals surface area contributed by atoms with Gasteiger partial charge in [-0.05, 0) is 0 Å². The molecule has 0 aromatic heterocycles. The second kappa shape index (κ2) is 3.80. The minimum atomic E-state index is -0.907. The van der Waals surface area contributed by atoms with Gasteiger partial charge in [0.25, 0.3) is 0 Å². The molecule has 5 heteroatoms. The van der Waals surface area contributed by atoms with Crippen molar-refractivity contribution in [3.8, 4) is 0 Å². The summed E-state index contributed by atoms with van der Waals surface area (Å²) in [4.78, 5) is 21.6. The molecule has 1 fully saturated rings. The molecule has 2 atom stereocenters. The molecule has 1 N–H and O–H groups in total. The highest BCUT2D eigenvalue weighted by Gasteiger charge is 2.38. The van der Waals surface area contributed by atoms with Crippen LogP contribution in [-0.2, 0) is 14.3 Å². The Morgan fingerprint density at radius 2 is 2.00 bits per heavy atom. The molecule has 1 saturated heterocycles. The third kappa shape index (κ3) is 1.72. The van der Waals surface area contributed by atoms with E-state index in [1.807, 2.05) is 0 Å². The maximum absolute atomic E-state index is 11.0. The molecule has 0 radical (unpaired) electrons. The number of hydrogen-bond donors (Lipinski definition) is 1. The van der Waals surface area contributed by atoms with Crippen molar-refractivity contribution in [1.82, 2.24) is 0 Å². The van der Waals surface area contributed by atoms with Crippen molar-refractivity contribution >= 4 is 23.7 Å². The molecule has 0 unspecified atom stereocenters. The molecule has 4 nitrogen and oxygen atoms in total. The Hall–Kier alpha value is -0.710. The summed E-state index contributed by atoms with van der Waals surface area (Å²) in [5.41, 5.74) is 0. The second-order valence-corrected chi connectivity index (χ2v) is 3.69. The number of carbonyl (C=O) groups is 2. The standard InChI is InChI=1S/C7H10O4S/c1-11-7(10)5-3-12-2-4(5)6(8)9/h4-5H,2-3H2,1H3,(H,8,9)/t4-,5+/m1/s1. The van der Waals surface area contributed by atoms with Crippen LogP contribution in [0.3, 0.4) is 0 Å². The molecule has 1 heterocycles. The van der Waals surface area contributed by atoms with E-state index in [1.165, 1.54) is 18.9 Å². The number of ether oxygens (including phenoxy) is 1. The van der Waals surface area contributed by atoms with Crippen molar-refractivity contribution in [2.45, 2.75) is 0 Å². The Balaban J connectivity index is 2.63. The monoisotopic (exact) mass is 190 g/mol. The van der Waals surface area contributed by atoms with E-state index in [-0.39, 0.29) is 0 Å². The predicted octanol–water partition coefficient (Wildman–Crippen LogP) is 0.223. The first-order valence-electron chi connectivity index (χ1n) is 3.55. The third-order valence-corrected chi connectivity index (χ3v) is 3.09. The summed E-state index contributed by atoms with van der Waals surface area (Å²) in [6, 6.07) is 0. The SMILES string of the molecule is COC(=O)[C@H]1CSC[C@H]1C(=O)O. The molecule has 0 aromatic rings. The first-order valence-corrected chi connectivity index (χ1v) is 4.70. The third-order valence-electron chi connectivity index (χ3n) is 1.90. The summed E-state index contributed by atoms with van der Waals surface area (Å²) >= 11 is 1.48. The number of carboxylic acids is 1. The number of hydrogen-bond acceptors (Lipinski definition) is 4. The summed E-state index contributed by atoms with van der Waals surface area (Å²) in [7, 11) is 1.28. The number of aliphatic carboxylic acids is 1. The van der Waals surface area contributed by atoms with Gasteiger partial charge < -0.3 is 9.84 Å². The zero-order chi connectivity index (χ0) is 9.14. The number of rotatable bonds is 2. The molecule has 0 spiro atoms. The molecule has 1 aliphatic rings. The van der Waals surface area contributed by atoms with Gasteiger partial charge in [0, 0.05) is 11.5 Å². The fourth-order valence-corrected chi connectivity index (χ4v) is 2.57. The summed E-state index contributed by atoms with van der Waals surface area (Å²) in [6.07, 6.45) is 0. The number of methoxy groups -OCH3 is 1. The number of thioether (sulfide) groups is 1. The quantitative estimate of drug-likeness (QED) is 0.631. The zero-order valence-electron chi connectivity index (χ0n) is 6.65. The van der Waals surface area contributed by atoms with Crippen LogP contribution < -0.4 is 0 Å². The lowest BCUT2D eigenvalue weighted by atomic mass is 9.97. The Morgan fingerprint density at radius 3 is 2.50 bits per heavy atom. The highest BCUT2D eigenvalue weighted by atomic mass is 32.2. The number of carboxylic acid groups (broad SMARTS) is 1. The Bertz CT molecular complexity index is 204. The molecule has 1 aliphatic heterocycles. The van der Waals surface area contributed by atoms with Crippen molar-refractivity contribution in [3.63, 3.8) is 0 Å². The van der Waals surface area contributed by atoms with Gasteiger partial charge in [0.1, 0.15) is 0 Å². The summed E-state index contributed by atoms with van der Waals surface area (Å²) in [6.45, 7) is 0. The van der Waals surface area contributed by atoms with Crippen LogP contribution in [0.4, 0.5) is 0 Å². The molecular weight excluding hydrogens is 180 g/mol. The van der Waals surface area contributed by atoms with E-state index in [2.05, 4.69) is 4.74 Å². The van der Waals surface area contributed by atoms with Gasteiger partial charge in [-0.15, -0.1) is 0 Å². The summed E-state index contributed by atoms with van der Waals surface area (Å²) < 4.78 is 4.50. The van der Waals surface area contributed by atoms with Gasteiger partial charge in [-0.3, -0.25) is 9.59 Å². The van der Waals surface area contributed by atoms with E-state index in [4.69, 9.17) is 5.11 Å². The summed E-state index contributed by atoms with van der Waals surface area (Å²) in [5, 5.41) is 8.71. The van der Waals surface area contributed by atoms with E-state index in [0.717, 1.165) is 0 Å². The van der Waals surface area contributed by atoms with Crippen LogP contribution in [0.2, 0.25) is 0 Å². The van der Waals surface area contributed by atoms with Crippen LogP contribution in [0.15, 0.2) is 0 Å². The van der Waals surface area contributed by atoms with Gasteiger partial charge in [-0.1, -0.05) is 0 Å². The van der Waals surface area contributed by atoms with Crippen molar-refractivity contribution in [3.05, 3.63) is 0 Å². The van der Waals surface area contributed by atoms with E-state index in [1.54, 1.807) is 0 Å². The largest absolute Gasteiger partial charge is 0.481 e. The van der Waals surface area contributed by atoms with E-state index in [0.29, 0.717) is 11.5 Å². The van der Waals surface area contributed by atoms with Crippen molar-refractivity contribution < 1.29 is 19.4 Å². The number of esters is 1. The van der Waals surface area contributed by atoms with Crippen LogP contribution in [0, 0.1) is 11.8 Å². The number of carbonyl (C=O) groups excluding carboxylic acids is 1. The molecule has 0 bridgehead atoms. The molecule has 0 amide bonds. The summed E-state index contributed by atoms with van der Waals surface area (Å²) in [5.74, 6) is -1.28. The predicted molar refractivity (Wildman–Crippen MR) is 44.0 cm³/mol. The van der Waals surface area contributed by atoms with E-state index < -0.39 is 23.8 Å². The van der Waals surface area contributed by atoms with Gasteiger partial charge in [-0.2, -0.15) is 11.8 Å². The Kier molecular flexibility index (Phi) is 2.97. The van der Waals surface area contributed by atoms with Gasteiger partial charge >= 0.3 is 11.9 Å². The first-order chi connectivity index (χ1) is 5.66. The Labute approximate surface area is 74.3 Å². The van der Waals surface area contributed by atoms with Crippen LogP contribution in [0.5, 0.6) is 0 Å². The maximum atomic E-state index is 11.0. The average molecular weight is 190 g/mol. The highest BCUT2D eigenvalue weighted by Crippen LogP contribution is 2.30. The fourth-order valence-electron chi connectivity index (χ4n) is 1.18. The molecule has 68 valence electrons. The second-order valence-electron chi connectivity index (χ2n) is 2.61. The molecule has 12 heavy (non-hydrogen) atoms. The van der Waals surface area contributed by atoms with Crippen LogP contribution >= 0.6 is 11.8 Å². The maximum Gasteiger partial charge on any atom is 0.310 e. The normalized spacial score (nSPS) is 28.4. The van der Waals surface area contributed by atoms with Gasteiger partial charge in [0.05, 0.1) is 18.9 Å². The Morgan fingerprint density at radius 1 is 1.42 bits per heavy atom. The highest BCUT2D eigenvalue weighted by molar-refractivity contribution is 7.99. The molecular formula is C7H10O4S. The lowest BCUT2D eigenvalue weighted by molar-refractivity contribution is -0.153. The van der Waals surface area contributed by atoms with Gasteiger partial charge in [0.2, 0.25) is 0 Å². The van der Waals surface area contributed by atoms with Crippen molar-refractivity contribution in [2.24, 2.45) is 11.8 Å². The van der Waals surface area contributed by atoms with E-state index in [9.17, 15) is 9.59 Å². The zero-order valence-corrected chi connectivity index (χ0v) is 7.47. The fraction of sp³-hybridized carbons (Fsp3) is 0.714. The molecule has 1 rings (SSSR count). The van der Waals surface area contributed by atoms with Crippen LogP contribution in [0.25, 0.3) is 0 Å². The minimum Gasteiger partial charge on any atom is -0.481 e. The van der Waals surface area contributed by atoms with Crippen LogP contribution in [0.1, 0.15) is 0 Å². The molecule has 0 aliphatic carbocycles. The van der Waals surface area contributed by atoms with Gasteiger partial charge in [-0.25, -0.2) is 0 Å². The van der Waals surface area contributed by atoms with Crippen LogP contribution in [-0.4, -0.2) is 35.7 Å². The smallest absolute Gasteiger partial charge is 0.310 e. The average Bonchev–Trinajstić information content (AvgIpc) is 2.50. The minimum absolute atomic E-state index is 0.410. The lowest BCUT2D eigenvalue weighted by Gasteiger charge is -2.11. The van der Waals surface area contributed by atoms with Crippen molar-refractivity contribution in [2.75, 3.05) is 18.6 Å². The molecule has 0 saturated carbocycles. The van der Waals surface area contributed by atoms with E-state index >= 15 is 0 Å².